The molecule has 3 N–H and O–H groups in total. The van der Waals surface area contributed by atoms with Crippen molar-refractivity contribution in [3.05, 3.63) is 53.3 Å². The molecule has 0 aliphatic carbocycles. The second-order valence-corrected chi connectivity index (χ2v) is 3.34. The molecule has 3 heteroatoms. The average molecular weight is 187 g/mol. The van der Waals surface area contributed by atoms with Crippen LogP contribution < -0.4 is 5.73 Å². The van der Waals surface area contributed by atoms with Gasteiger partial charge in [0.2, 0.25) is 0 Å². The van der Waals surface area contributed by atoms with Crippen molar-refractivity contribution in [1.29, 1.82) is 0 Å². The van der Waals surface area contributed by atoms with E-state index in [-0.39, 0.29) is 6.04 Å². The first-order valence-electron chi connectivity index (χ1n) is 4.59. The molecule has 1 heterocycles. The van der Waals surface area contributed by atoms with Crippen LogP contribution in [0.4, 0.5) is 0 Å². The molecule has 0 unspecified atom stereocenters. The van der Waals surface area contributed by atoms with E-state index in [1.54, 1.807) is 6.20 Å². The first-order chi connectivity index (χ1) is 6.79. The van der Waals surface area contributed by atoms with Crippen LogP contribution in [0.2, 0.25) is 0 Å². The van der Waals surface area contributed by atoms with Crippen molar-refractivity contribution in [3.63, 3.8) is 0 Å². The fourth-order valence-electron chi connectivity index (χ4n) is 1.51. The number of H-pyrrole nitrogens is 1. The summed E-state index contributed by atoms with van der Waals surface area (Å²) < 4.78 is 0. The topological polar surface area (TPSA) is 54.7 Å². The third-order valence-electron chi connectivity index (χ3n) is 2.36. The molecule has 0 saturated heterocycles. The minimum atomic E-state index is -0.0880. The van der Waals surface area contributed by atoms with Crippen molar-refractivity contribution in [1.82, 2.24) is 10.2 Å². The second-order valence-electron chi connectivity index (χ2n) is 3.34. The number of hydrogen-bond donors (Lipinski definition) is 2. The lowest BCUT2D eigenvalue weighted by Crippen LogP contribution is -2.11. The summed E-state index contributed by atoms with van der Waals surface area (Å²) >= 11 is 0. The number of aromatic amines is 1. The Morgan fingerprint density at radius 1 is 1.29 bits per heavy atom. The fraction of sp³-hybridized carbons (Fsp3) is 0.182. The highest BCUT2D eigenvalue weighted by atomic mass is 15.1. The number of nitrogens with zero attached hydrogens (tertiary/aromatic N) is 1. The summed E-state index contributed by atoms with van der Waals surface area (Å²) in [6, 6.07) is 9.93. The molecule has 3 nitrogen and oxygen atoms in total. The molecule has 72 valence electrons. The lowest BCUT2D eigenvalue weighted by molar-refractivity contribution is 0.862. The first-order valence-corrected chi connectivity index (χ1v) is 4.59. The molecule has 0 aliphatic heterocycles. The molecule has 0 spiro atoms. The highest BCUT2D eigenvalue weighted by Gasteiger charge is 2.11. The molecule has 0 aliphatic rings. The van der Waals surface area contributed by atoms with Gasteiger partial charge in [-0.3, -0.25) is 5.10 Å². The zero-order chi connectivity index (χ0) is 9.97. The molecule has 1 aromatic carbocycles. The average Bonchev–Trinajstić information content (AvgIpc) is 2.65. The zero-order valence-corrected chi connectivity index (χ0v) is 8.07. The van der Waals surface area contributed by atoms with Crippen molar-refractivity contribution < 1.29 is 0 Å². The lowest BCUT2D eigenvalue weighted by Gasteiger charge is -2.10. The molecule has 0 amide bonds. The van der Waals surface area contributed by atoms with Crippen LogP contribution in [-0.4, -0.2) is 10.2 Å². The van der Waals surface area contributed by atoms with Crippen LogP contribution in [0.3, 0.4) is 0 Å². The highest BCUT2D eigenvalue weighted by molar-refractivity contribution is 5.31. The van der Waals surface area contributed by atoms with Gasteiger partial charge < -0.3 is 5.73 Å². The van der Waals surface area contributed by atoms with Gasteiger partial charge in [-0.2, -0.15) is 5.10 Å². The normalized spacial score (nSPS) is 12.7. The van der Waals surface area contributed by atoms with E-state index < -0.39 is 0 Å². The van der Waals surface area contributed by atoms with E-state index in [1.165, 1.54) is 0 Å². The summed E-state index contributed by atoms with van der Waals surface area (Å²) in [5.74, 6) is 0. The third-order valence-corrected chi connectivity index (χ3v) is 2.36. The highest BCUT2D eigenvalue weighted by Crippen LogP contribution is 2.20. The van der Waals surface area contributed by atoms with Crippen LogP contribution in [-0.2, 0) is 0 Å². The molecule has 1 aromatic heterocycles. The smallest absolute Gasteiger partial charge is 0.0585 e. The molecular weight excluding hydrogens is 174 g/mol. The van der Waals surface area contributed by atoms with Gasteiger partial charge in [-0.05, 0) is 12.5 Å². The van der Waals surface area contributed by atoms with Crippen LogP contribution in [0.25, 0.3) is 0 Å². The Labute approximate surface area is 83.0 Å². The van der Waals surface area contributed by atoms with E-state index in [9.17, 15) is 0 Å². The lowest BCUT2D eigenvalue weighted by atomic mass is 10.0. The van der Waals surface area contributed by atoms with Crippen LogP contribution in [0.1, 0.15) is 22.9 Å². The van der Waals surface area contributed by atoms with E-state index in [0.29, 0.717) is 0 Å². The summed E-state index contributed by atoms with van der Waals surface area (Å²) in [5.41, 5.74) is 9.29. The molecule has 0 radical (unpaired) electrons. The van der Waals surface area contributed by atoms with Gasteiger partial charge >= 0.3 is 0 Å². The number of benzene rings is 1. The molecule has 1 atom stereocenters. The van der Waals surface area contributed by atoms with E-state index in [2.05, 4.69) is 10.2 Å². The molecule has 2 aromatic rings. The van der Waals surface area contributed by atoms with Gasteiger partial charge in [-0.15, -0.1) is 0 Å². The quantitative estimate of drug-likeness (QED) is 0.752. The summed E-state index contributed by atoms with van der Waals surface area (Å²) in [6.45, 7) is 1.98. The van der Waals surface area contributed by atoms with E-state index in [4.69, 9.17) is 5.73 Å². The van der Waals surface area contributed by atoms with E-state index in [1.807, 2.05) is 37.3 Å². The Bertz CT molecular complexity index is 405. The number of aromatic nitrogens is 2. The van der Waals surface area contributed by atoms with Gasteiger partial charge in [0.15, 0.2) is 0 Å². The van der Waals surface area contributed by atoms with Gasteiger partial charge in [-0.1, -0.05) is 30.3 Å². The SMILES string of the molecule is Cc1[nH]ncc1[C@H](N)c1ccccc1. The standard InChI is InChI=1S/C11H13N3/c1-8-10(7-13-14-8)11(12)9-5-3-2-4-6-9/h2-7,11H,12H2,1H3,(H,13,14)/t11-/m1/s1. The number of rotatable bonds is 2. The third kappa shape index (κ3) is 1.54. The maximum Gasteiger partial charge on any atom is 0.0585 e. The van der Waals surface area contributed by atoms with Gasteiger partial charge in [0.05, 0.1) is 12.2 Å². The van der Waals surface area contributed by atoms with Gasteiger partial charge in [0.1, 0.15) is 0 Å². The van der Waals surface area contributed by atoms with E-state index in [0.717, 1.165) is 16.8 Å². The predicted octanol–water partition coefficient (Wildman–Crippen LogP) is 1.77. The Morgan fingerprint density at radius 3 is 2.57 bits per heavy atom. The second kappa shape index (κ2) is 3.64. The van der Waals surface area contributed by atoms with Crippen LogP contribution in [0.5, 0.6) is 0 Å². The Balaban J connectivity index is 2.34. The number of nitrogens with one attached hydrogen (secondary N) is 1. The zero-order valence-electron chi connectivity index (χ0n) is 8.07. The van der Waals surface area contributed by atoms with E-state index >= 15 is 0 Å². The van der Waals surface area contributed by atoms with Crippen molar-refractivity contribution >= 4 is 0 Å². The van der Waals surface area contributed by atoms with Gasteiger partial charge in [0.25, 0.3) is 0 Å². The maximum atomic E-state index is 6.10. The monoisotopic (exact) mass is 187 g/mol. The van der Waals surface area contributed by atoms with Crippen LogP contribution in [0, 0.1) is 6.92 Å². The molecule has 0 saturated carbocycles. The maximum absolute atomic E-state index is 6.10. The summed E-state index contributed by atoms with van der Waals surface area (Å²) in [4.78, 5) is 0. The summed E-state index contributed by atoms with van der Waals surface area (Å²) in [5, 5.41) is 6.85. The number of nitrogens with two attached hydrogens (primary N) is 1. The Hall–Kier alpha value is -1.61. The van der Waals surface area contributed by atoms with Crippen molar-refractivity contribution in [3.8, 4) is 0 Å². The summed E-state index contributed by atoms with van der Waals surface area (Å²) in [6.07, 6.45) is 1.78. The van der Waals surface area contributed by atoms with Crippen molar-refractivity contribution in [2.24, 2.45) is 5.73 Å². The molecule has 2 rings (SSSR count). The molecule has 0 fully saturated rings. The number of hydrogen-bond acceptors (Lipinski definition) is 2. The van der Waals surface area contributed by atoms with Crippen LogP contribution in [0.15, 0.2) is 36.5 Å². The molecule has 0 bridgehead atoms. The van der Waals surface area contributed by atoms with Gasteiger partial charge in [-0.25, -0.2) is 0 Å². The summed E-state index contributed by atoms with van der Waals surface area (Å²) in [7, 11) is 0. The number of aryl methyl sites for hydroxylation is 1. The van der Waals surface area contributed by atoms with Crippen LogP contribution >= 0.6 is 0 Å². The largest absolute Gasteiger partial charge is 0.320 e. The Morgan fingerprint density at radius 2 is 2.00 bits per heavy atom. The molecule has 14 heavy (non-hydrogen) atoms. The predicted molar refractivity (Wildman–Crippen MR) is 55.8 cm³/mol. The minimum absolute atomic E-state index is 0.0880. The van der Waals surface area contributed by atoms with Crippen molar-refractivity contribution in [2.75, 3.05) is 0 Å². The molecular formula is C11H13N3. The fourth-order valence-corrected chi connectivity index (χ4v) is 1.51. The van der Waals surface area contributed by atoms with Crippen molar-refractivity contribution in [2.45, 2.75) is 13.0 Å². The first kappa shape index (κ1) is 8.97. The minimum Gasteiger partial charge on any atom is -0.320 e. The Kier molecular flexibility index (Phi) is 2.33. The van der Waals surface area contributed by atoms with Gasteiger partial charge in [0, 0.05) is 11.3 Å².